The van der Waals surface area contributed by atoms with E-state index in [1.54, 1.807) is 29.2 Å². The monoisotopic (exact) mass is 500 g/mol. The predicted molar refractivity (Wildman–Crippen MR) is 118 cm³/mol. The zero-order valence-corrected chi connectivity index (χ0v) is 18.9. The maximum Gasteiger partial charge on any atom is 0.490 e. The summed E-state index contributed by atoms with van der Waals surface area (Å²) in [7, 11) is 0. The van der Waals surface area contributed by atoms with Crippen LogP contribution in [0.15, 0.2) is 48.5 Å². The summed E-state index contributed by atoms with van der Waals surface area (Å²) in [5, 5.41) is 17.0. The molecular formula is C24H25F5N2O4. The van der Waals surface area contributed by atoms with Crippen LogP contribution >= 0.6 is 0 Å². The molecule has 0 aromatic heterocycles. The summed E-state index contributed by atoms with van der Waals surface area (Å²) in [6.07, 6.45) is -2.95. The smallest absolute Gasteiger partial charge is 0.490 e. The van der Waals surface area contributed by atoms with Gasteiger partial charge in [0.2, 0.25) is 5.91 Å². The minimum atomic E-state index is -5.08. The Hall–Kier alpha value is -3.47. The molecule has 4 N–H and O–H groups in total. The summed E-state index contributed by atoms with van der Waals surface area (Å²) in [6, 6.07) is 8.71. The first-order valence-electron chi connectivity index (χ1n) is 10.5. The van der Waals surface area contributed by atoms with Crippen LogP contribution in [0.25, 0.3) is 5.57 Å². The number of hydrogen-bond acceptors (Lipinski definition) is 4. The van der Waals surface area contributed by atoms with Crippen LogP contribution in [0.2, 0.25) is 0 Å². The number of nitrogens with two attached hydrogens (primary N) is 1. The van der Waals surface area contributed by atoms with Crippen LogP contribution in [0, 0.1) is 17.6 Å². The van der Waals surface area contributed by atoms with Crippen LogP contribution in [0.3, 0.4) is 0 Å². The van der Waals surface area contributed by atoms with Gasteiger partial charge in [-0.05, 0) is 53.8 Å². The van der Waals surface area contributed by atoms with E-state index in [0.29, 0.717) is 24.1 Å². The molecule has 1 unspecified atom stereocenters. The number of carbonyl (C=O) groups excluding carboxylic acids is 1. The molecule has 1 heterocycles. The van der Waals surface area contributed by atoms with Crippen LogP contribution in [0.1, 0.15) is 37.4 Å². The highest BCUT2D eigenvalue weighted by Gasteiger charge is 2.38. The molecule has 2 atom stereocenters. The molecule has 0 fully saturated rings. The highest BCUT2D eigenvalue weighted by molar-refractivity contribution is 5.84. The fraction of sp³-hybridized carbons (Fsp3) is 0.333. The minimum absolute atomic E-state index is 0.0385. The summed E-state index contributed by atoms with van der Waals surface area (Å²) < 4.78 is 59.7. The molecule has 190 valence electrons. The molecule has 0 aliphatic carbocycles. The number of carboxylic acid groups (broad SMARTS) is 1. The first kappa shape index (κ1) is 27.8. The quantitative estimate of drug-likeness (QED) is 0.531. The summed E-state index contributed by atoms with van der Waals surface area (Å²) in [5.74, 6) is -3.97. The Morgan fingerprint density at radius 1 is 1.11 bits per heavy atom. The Morgan fingerprint density at radius 3 is 2.29 bits per heavy atom. The van der Waals surface area contributed by atoms with Gasteiger partial charge in [0.25, 0.3) is 0 Å². The molecule has 1 aliphatic rings. The molecule has 11 heteroatoms. The average Bonchev–Trinajstić information content (AvgIpc) is 2.79. The third-order valence-corrected chi connectivity index (χ3v) is 5.33. The lowest BCUT2D eigenvalue weighted by molar-refractivity contribution is -0.192. The van der Waals surface area contributed by atoms with Gasteiger partial charge < -0.3 is 20.8 Å². The van der Waals surface area contributed by atoms with Crippen LogP contribution < -0.4 is 5.73 Å². The molecule has 0 bridgehead atoms. The second kappa shape index (κ2) is 11.3. The van der Waals surface area contributed by atoms with Crippen molar-refractivity contribution in [3.8, 4) is 5.75 Å². The van der Waals surface area contributed by atoms with Crippen LogP contribution in [-0.4, -0.2) is 45.8 Å². The zero-order chi connectivity index (χ0) is 26.5. The van der Waals surface area contributed by atoms with Crippen molar-refractivity contribution >= 4 is 17.4 Å². The number of carboxylic acids is 1. The van der Waals surface area contributed by atoms with E-state index in [9.17, 15) is 31.9 Å². The van der Waals surface area contributed by atoms with Crippen molar-refractivity contribution in [1.29, 1.82) is 0 Å². The first-order chi connectivity index (χ1) is 16.2. The molecule has 0 spiro atoms. The van der Waals surface area contributed by atoms with E-state index in [4.69, 9.17) is 15.6 Å². The van der Waals surface area contributed by atoms with E-state index in [1.807, 2.05) is 13.8 Å². The van der Waals surface area contributed by atoms with Gasteiger partial charge in [0, 0.05) is 12.1 Å². The van der Waals surface area contributed by atoms with Crippen molar-refractivity contribution in [3.63, 3.8) is 0 Å². The van der Waals surface area contributed by atoms with Gasteiger partial charge in [-0.3, -0.25) is 4.79 Å². The molecule has 2 aromatic rings. The number of phenols is 1. The molecule has 1 amide bonds. The number of benzene rings is 2. The molecule has 0 saturated carbocycles. The van der Waals surface area contributed by atoms with E-state index >= 15 is 0 Å². The summed E-state index contributed by atoms with van der Waals surface area (Å²) in [5.41, 5.74) is 7.56. The molecule has 0 saturated heterocycles. The van der Waals surface area contributed by atoms with Crippen molar-refractivity contribution in [2.24, 2.45) is 11.7 Å². The van der Waals surface area contributed by atoms with Gasteiger partial charge in [0.15, 0.2) is 0 Å². The largest absolute Gasteiger partial charge is 0.508 e. The van der Waals surface area contributed by atoms with Crippen molar-refractivity contribution in [3.05, 3.63) is 71.3 Å². The number of phenolic OH excluding ortho intramolecular Hbond substituents is 1. The van der Waals surface area contributed by atoms with Gasteiger partial charge >= 0.3 is 12.1 Å². The standard InChI is InChI=1S/C22H24F2N2O2.C2HF3O2/c1-13(2)21(25)22(28)26-9-8-14(18-12-16(23)6-7-19(18)24)11-20(26)15-4-3-5-17(27)10-15;3-2(4,5)1(6)7/h3-7,10-13,20-21,27H,8-9,25H2,1-2H3;(H,6,7)/t20?,21-;/m0./s1. The van der Waals surface area contributed by atoms with Gasteiger partial charge in [-0.25, -0.2) is 13.6 Å². The predicted octanol–water partition coefficient (Wildman–Crippen LogP) is 4.64. The molecule has 2 aromatic carbocycles. The Labute approximate surface area is 198 Å². The summed E-state index contributed by atoms with van der Waals surface area (Å²) >= 11 is 0. The van der Waals surface area contributed by atoms with Crippen molar-refractivity contribution in [1.82, 2.24) is 4.90 Å². The zero-order valence-electron chi connectivity index (χ0n) is 18.9. The second-order valence-electron chi connectivity index (χ2n) is 8.21. The van der Waals surface area contributed by atoms with Crippen LogP contribution in [0.5, 0.6) is 5.75 Å². The molecule has 1 aliphatic heterocycles. The minimum Gasteiger partial charge on any atom is -0.508 e. The lowest BCUT2D eigenvalue weighted by atomic mass is 9.90. The third kappa shape index (κ3) is 7.25. The molecule has 0 radical (unpaired) electrons. The van der Waals surface area contributed by atoms with Gasteiger partial charge in [-0.15, -0.1) is 0 Å². The fourth-order valence-corrected chi connectivity index (χ4v) is 3.42. The van der Waals surface area contributed by atoms with Crippen molar-refractivity contribution in [2.75, 3.05) is 6.54 Å². The molecule has 35 heavy (non-hydrogen) atoms. The first-order valence-corrected chi connectivity index (χ1v) is 10.5. The normalized spacial score (nSPS) is 16.8. The SMILES string of the molecule is CC(C)[C@H](N)C(=O)N1CCC(c2cc(F)ccc2F)=CC1c1cccc(O)c1.O=C(O)C(F)(F)F. The van der Waals surface area contributed by atoms with Crippen LogP contribution in [-0.2, 0) is 9.59 Å². The van der Waals surface area contributed by atoms with E-state index in [0.717, 1.165) is 18.2 Å². The number of nitrogens with zero attached hydrogens (tertiary/aromatic N) is 1. The number of aromatic hydroxyl groups is 1. The molecule has 3 rings (SSSR count). The van der Waals surface area contributed by atoms with E-state index < -0.39 is 35.9 Å². The van der Waals surface area contributed by atoms with E-state index in [2.05, 4.69) is 0 Å². The summed E-state index contributed by atoms with van der Waals surface area (Å²) in [6.45, 7) is 4.07. The Morgan fingerprint density at radius 2 is 1.74 bits per heavy atom. The number of carbonyl (C=O) groups is 2. The maximum atomic E-state index is 14.3. The molecule has 6 nitrogen and oxygen atoms in total. The maximum absolute atomic E-state index is 14.3. The highest BCUT2D eigenvalue weighted by Crippen LogP contribution is 2.36. The number of halogens is 5. The lowest BCUT2D eigenvalue weighted by Gasteiger charge is -2.37. The van der Waals surface area contributed by atoms with Gasteiger partial charge in [0.1, 0.15) is 17.4 Å². The van der Waals surface area contributed by atoms with E-state index in [1.165, 1.54) is 6.07 Å². The highest BCUT2D eigenvalue weighted by atomic mass is 19.4. The lowest BCUT2D eigenvalue weighted by Crippen LogP contribution is -2.49. The Bertz CT molecular complexity index is 1100. The topological polar surface area (TPSA) is 104 Å². The van der Waals surface area contributed by atoms with Crippen molar-refractivity contribution < 1.29 is 41.8 Å². The second-order valence-corrected chi connectivity index (χ2v) is 8.21. The van der Waals surface area contributed by atoms with Gasteiger partial charge in [-0.1, -0.05) is 32.1 Å². The van der Waals surface area contributed by atoms with E-state index in [-0.39, 0.29) is 23.1 Å². The number of aliphatic carboxylic acids is 1. The van der Waals surface area contributed by atoms with Gasteiger partial charge in [0.05, 0.1) is 12.1 Å². The number of hydrogen-bond donors (Lipinski definition) is 3. The summed E-state index contributed by atoms with van der Waals surface area (Å²) in [4.78, 5) is 23.5. The number of alkyl halides is 3. The average molecular weight is 500 g/mol. The Balaban J connectivity index is 0.000000540. The van der Waals surface area contributed by atoms with Crippen LogP contribution in [0.4, 0.5) is 22.0 Å². The molecular weight excluding hydrogens is 475 g/mol. The third-order valence-electron chi connectivity index (χ3n) is 5.33. The van der Waals surface area contributed by atoms with Crippen molar-refractivity contribution in [2.45, 2.75) is 38.5 Å². The number of amides is 1. The number of rotatable bonds is 4. The fourth-order valence-electron chi connectivity index (χ4n) is 3.42. The Kier molecular flexibility index (Phi) is 8.97. The van der Waals surface area contributed by atoms with Gasteiger partial charge in [-0.2, -0.15) is 13.2 Å².